The highest BCUT2D eigenvalue weighted by Gasteiger charge is 2.19. The van der Waals surface area contributed by atoms with Crippen molar-refractivity contribution in [2.24, 2.45) is 0 Å². The van der Waals surface area contributed by atoms with E-state index in [0.717, 1.165) is 24.3 Å². The van der Waals surface area contributed by atoms with Gasteiger partial charge in [0.2, 0.25) is 21.1 Å². The standard InChI is InChI=1S/C44H34ClS2.ClHO4/c45-44-38(26-24-32-28-40(34-14-5-1-6-15-34)46-41(29-32)35-16-7-2-8-17-35)22-13-23-39(44)27-25-33-30-42(36-18-9-3-10-19-36)47-43(31-33)37-20-11-4-12-21-37;2-1(3,4)5/h1-12,14-21,24-31H,13,22-23H2;(H,2,3,4,5)/q+1;/p-1. The van der Waals surface area contributed by atoms with Crippen LogP contribution >= 0.6 is 34.7 Å². The number of halogens is 2. The largest absolute Gasteiger partial charge is 0.239 e. The summed E-state index contributed by atoms with van der Waals surface area (Å²) in [6, 6.07) is 47.1. The molecule has 0 spiro atoms. The lowest BCUT2D eigenvalue weighted by atomic mass is 9.93. The molecular formula is C44H34Cl2O4S2. The molecule has 0 fully saturated rings. The van der Waals surface area contributed by atoms with E-state index in [9.17, 15) is 0 Å². The highest BCUT2D eigenvalue weighted by molar-refractivity contribution is 8.16. The molecule has 0 bridgehead atoms. The minimum absolute atomic E-state index is 0.874. The summed E-state index contributed by atoms with van der Waals surface area (Å²) in [5, 5.41) is 0.874. The van der Waals surface area contributed by atoms with Gasteiger partial charge in [0.1, 0.15) is 0 Å². The van der Waals surface area contributed by atoms with E-state index in [1.165, 1.54) is 64.1 Å². The fourth-order valence-electron chi connectivity index (χ4n) is 5.82. The summed E-state index contributed by atoms with van der Waals surface area (Å²) in [6.45, 7) is 0. The third-order valence-corrected chi connectivity index (χ3v) is 11.1. The van der Waals surface area contributed by atoms with E-state index in [-0.39, 0.29) is 0 Å². The minimum Gasteiger partial charge on any atom is -0.222 e. The second kappa shape index (κ2) is 17.9. The second-order valence-electron chi connectivity index (χ2n) is 12.0. The molecule has 0 N–H and O–H groups in total. The number of allylic oxidation sites excluding steroid dienone is 9. The lowest BCUT2D eigenvalue weighted by Crippen LogP contribution is -2.68. The Kier molecular flexibility index (Phi) is 12.9. The third-order valence-electron chi connectivity index (χ3n) is 8.27. The number of rotatable bonds is 7. The van der Waals surface area contributed by atoms with Gasteiger partial charge in [-0.05, 0) is 89.1 Å². The van der Waals surface area contributed by atoms with Crippen LogP contribution in [0.4, 0.5) is 0 Å². The van der Waals surface area contributed by atoms with Gasteiger partial charge in [0.05, 0.1) is 0 Å². The van der Waals surface area contributed by atoms with Gasteiger partial charge < -0.3 is 0 Å². The molecule has 5 aromatic rings. The van der Waals surface area contributed by atoms with Gasteiger partial charge in [-0.15, -0.1) is 10.2 Å². The number of benzene rings is 4. The van der Waals surface area contributed by atoms with Crippen LogP contribution in [0.3, 0.4) is 0 Å². The summed E-state index contributed by atoms with van der Waals surface area (Å²) in [6.07, 6.45) is 16.5. The molecule has 4 nitrogen and oxygen atoms in total. The number of hydrogen-bond donors (Lipinski definition) is 0. The first kappa shape index (κ1) is 37.4. The number of hydrogen-bond acceptors (Lipinski definition) is 5. The normalized spacial score (nSPS) is 15.6. The molecule has 52 heavy (non-hydrogen) atoms. The van der Waals surface area contributed by atoms with Gasteiger partial charge in [0.25, 0.3) is 0 Å². The molecule has 0 radical (unpaired) electrons. The van der Waals surface area contributed by atoms with Crippen LogP contribution in [-0.4, -0.2) is 0 Å². The summed E-state index contributed by atoms with van der Waals surface area (Å²) >= 11 is 10.8. The van der Waals surface area contributed by atoms with Crippen LogP contribution in [0.15, 0.2) is 186 Å². The van der Waals surface area contributed by atoms with Crippen LogP contribution in [0, 0.1) is 10.2 Å². The zero-order valence-corrected chi connectivity index (χ0v) is 31.1. The van der Waals surface area contributed by atoms with Gasteiger partial charge >= 0.3 is 0 Å². The van der Waals surface area contributed by atoms with Crippen LogP contribution in [0.1, 0.15) is 36.0 Å². The lowest BCUT2D eigenvalue weighted by molar-refractivity contribution is -2.00. The van der Waals surface area contributed by atoms with Gasteiger partial charge in [-0.3, -0.25) is 0 Å². The molecule has 0 amide bonds. The Balaban J connectivity index is 0.000000870. The van der Waals surface area contributed by atoms with Gasteiger partial charge in [-0.1, -0.05) is 145 Å². The summed E-state index contributed by atoms with van der Waals surface area (Å²) in [5.41, 5.74) is 9.65. The van der Waals surface area contributed by atoms with Crippen molar-refractivity contribution in [2.75, 3.05) is 0 Å². The molecule has 260 valence electrons. The number of thioether (sulfide) groups is 1. The van der Waals surface area contributed by atoms with Gasteiger partial charge in [-0.25, -0.2) is 18.6 Å². The molecule has 0 atom stereocenters. The Labute approximate surface area is 320 Å². The Morgan fingerprint density at radius 1 is 0.577 bits per heavy atom. The Hall–Kier alpha value is -4.34. The van der Waals surface area contributed by atoms with Crippen molar-refractivity contribution in [3.05, 3.63) is 202 Å². The van der Waals surface area contributed by atoms with Crippen LogP contribution < -0.4 is 18.6 Å². The average Bonchev–Trinajstić information content (AvgIpc) is 3.17. The van der Waals surface area contributed by atoms with Gasteiger partial charge in [0.15, 0.2) is 0 Å². The minimum atomic E-state index is -4.94. The van der Waals surface area contributed by atoms with Crippen LogP contribution in [0.5, 0.6) is 0 Å². The zero-order valence-electron chi connectivity index (χ0n) is 28.0. The van der Waals surface area contributed by atoms with E-state index < -0.39 is 10.2 Å². The summed E-state index contributed by atoms with van der Waals surface area (Å²) < 4.78 is 34.0. The molecule has 0 unspecified atom stereocenters. The molecule has 8 heteroatoms. The van der Waals surface area contributed by atoms with Crippen molar-refractivity contribution in [1.29, 1.82) is 0 Å². The summed E-state index contributed by atoms with van der Waals surface area (Å²) in [4.78, 5) is 5.00. The van der Waals surface area contributed by atoms with E-state index in [1.54, 1.807) is 0 Å². The molecular weight excluding hydrogens is 728 g/mol. The summed E-state index contributed by atoms with van der Waals surface area (Å²) in [5.74, 6) is 0. The van der Waals surface area contributed by atoms with Crippen molar-refractivity contribution in [1.82, 2.24) is 0 Å². The van der Waals surface area contributed by atoms with Crippen molar-refractivity contribution < 1.29 is 28.9 Å². The van der Waals surface area contributed by atoms with E-state index in [4.69, 9.17) is 30.2 Å². The zero-order chi connectivity index (χ0) is 36.3. The maximum Gasteiger partial charge on any atom is 0.239 e. The van der Waals surface area contributed by atoms with Crippen LogP contribution in [0.2, 0.25) is 0 Å². The fraction of sp³-hybridized carbons (Fsp3) is 0.0682. The highest BCUT2D eigenvalue weighted by Crippen LogP contribution is 2.44. The van der Waals surface area contributed by atoms with E-state index in [1.807, 2.05) is 23.1 Å². The first-order valence-corrected chi connectivity index (χ1v) is 19.8. The second-order valence-corrected chi connectivity index (χ2v) is 15.3. The first-order valence-electron chi connectivity index (χ1n) is 16.6. The van der Waals surface area contributed by atoms with Gasteiger partial charge in [0, 0.05) is 38.1 Å². The fourth-order valence-corrected chi connectivity index (χ4v) is 8.40. The SMILES string of the molecule is ClC1=C(/C=C/c2cc(-c3ccccc3)[s+]c(-c3ccccc3)c2)CCC/C1=C\C=C1C=C(c2ccccc2)SC(c2ccccc2)=C1.[O-][Cl+3]([O-])([O-])[O-]. The van der Waals surface area contributed by atoms with Gasteiger partial charge in [-0.2, -0.15) is 0 Å². The van der Waals surface area contributed by atoms with Crippen molar-refractivity contribution in [3.8, 4) is 20.9 Å². The Morgan fingerprint density at radius 3 is 1.48 bits per heavy atom. The molecule has 4 aromatic carbocycles. The monoisotopic (exact) mass is 760 g/mol. The average molecular weight is 762 g/mol. The van der Waals surface area contributed by atoms with Crippen molar-refractivity contribution in [2.45, 2.75) is 19.3 Å². The molecule has 2 aliphatic rings. The molecule has 1 aliphatic heterocycles. The van der Waals surface area contributed by atoms with Crippen molar-refractivity contribution in [3.63, 3.8) is 0 Å². The van der Waals surface area contributed by atoms with E-state index in [2.05, 4.69) is 170 Å². The van der Waals surface area contributed by atoms with Crippen LogP contribution in [0.25, 0.3) is 36.8 Å². The third kappa shape index (κ3) is 10.8. The molecule has 0 saturated carbocycles. The predicted octanol–water partition coefficient (Wildman–Crippen LogP) is 8.98. The molecule has 7 rings (SSSR count). The quantitative estimate of drug-likeness (QED) is 0.155. The topological polar surface area (TPSA) is 92.2 Å². The maximum atomic E-state index is 8.49. The predicted molar refractivity (Wildman–Crippen MR) is 208 cm³/mol. The van der Waals surface area contributed by atoms with E-state index >= 15 is 0 Å². The Morgan fingerprint density at radius 2 is 1.02 bits per heavy atom. The smallest absolute Gasteiger partial charge is 0.222 e. The first-order chi connectivity index (χ1) is 25.2. The Bertz CT molecular complexity index is 2050. The molecule has 2 heterocycles. The molecule has 0 saturated heterocycles. The van der Waals surface area contributed by atoms with Crippen LogP contribution in [-0.2, 0) is 0 Å². The lowest BCUT2D eigenvalue weighted by Gasteiger charge is -2.18. The summed E-state index contributed by atoms with van der Waals surface area (Å²) in [7, 11) is -4.94. The molecule has 1 aliphatic carbocycles. The van der Waals surface area contributed by atoms with Crippen molar-refractivity contribution >= 4 is 50.6 Å². The van der Waals surface area contributed by atoms with E-state index in [0.29, 0.717) is 0 Å². The maximum absolute atomic E-state index is 8.49. The highest BCUT2D eigenvalue weighted by atomic mass is 35.7. The molecule has 1 aromatic heterocycles.